The van der Waals surface area contributed by atoms with E-state index in [0.29, 0.717) is 10.8 Å². The molecular weight excluding hydrogens is 356 g/mol. The minimum absolute atomic E-state index is 0.174. The molecule has 0 radical (unpaired) electrons. The van der Waals surface area contributed by atoms with Crippen LogP contribution in [0.2, 0.25) is 0 Å². The van der Waals surface area contributed by atoms with Crippen LogP contribution in [0.5, 0.6) is 5.75 Å². The topological polar surface area (TPSA) is 85.6 Å². The number of carbonyl (C=O) groups excluding carboxylic acids is 1. The summed E-state index contributed by atoms with van der Waals surface area (Å²) in [5, 5.41) is 9.46. The zero-order valence-corrected chi connectivity index (χ0v) is 15.7. The maximum absolute atomic E-state index is 12.8. The van der Waals surface area contributed by atoms with Gasteiger partial charge >= 0.3 is 0 Å². The van der Waals surface area contributed by atoms with Crippen LogP contribution in [0, 0.1) is 0 Å². The first-order valence-corrected chi connectivity index (χ1v) is 9.08. The van der Waals surface area contributed by atoms with E-state index in [1.54, 1.807) is 31.4 Å². The van der Waals surface area contributed by atoms with Gasteiger partial charge in [0.1, 0.15) is 5.75 Å². The van der Waals surface area contributed by atoms with Crippen LogP contribution in [0.3, 0.4) is 0 Å². The molecule has 7 nitrogen and oxygen atoms in total. The van der Waals surface area contributed by atoms with Gasteiger partial charge in [0.25, 0.3) is 11.5 Å². The van der Waals surface area contributed by atoms with Crippen LogP contribution in [0.1, 0.15) is 34.5 Å². The van der Waals surface area contributed by atoms with Crippen LogP contribution in [0.4, 0.5) is 0 Å². The van der Waals surface area contributed by atoms with Crippen molar-refractivity contribution in [3.8, 4) is 5.75 Å². The molecule has 2 aromatic carbocycles. The number of ether oxygens (including phenoxy) is 1. The van der Waals surface area contributed by atoms with Gasteiger partial charge in [0, 0.05) is 18.0 Å². The number of aryl methyl sites for hydroxylation is 2. The summed E-state index contributed by atoms with van der Waals surface area (Å²) in [5.41, 5.74) is 5.55. The van der Waals surface area contributed by atoms with Crippen molar-refractivity contribution in [1.29, 1.82) is 0 Å². The molecule has 1 heterocycles. The summed E-state index contributed by atoms with van der Waals surface area (Å²) in [6.07, 6.45) is 2.68. The van der Waals surface area contributed by atoms with Crippen molar-refractivity contribution < 1.29 is 9.53 Å². The molecule has 0 aliphatic heterocycles. The Hall–Kier alpha value is -3.48. The predicted octanol–water partition coefficient (Wildman–Crippen LogP) is 2.41. The van der Waals surface area contributed by atoms with Crippen LogP contribution in [0.15, 0.2) is 52.4 Å². The Balaban J connectivity index is 1.67. The van der Waals surface area contributed by atoms with E-state index < -0.39 is 5.91 Å². The van der Waals surface area contributed by atoms with Gasteiger partial charge in [-0.05, 0) is 49.1 Å². The summed E-state index contributed by atoms with van der Waals surface area (Å²) in [5.74, 6) is 0.366. The Kier molecular flexibility index (Phi) is 4.65. The van der Waals surface area contributed by atoms with Gasteiger partial charge in [-0.2, -0.15) is 10.2 Å². The lowest BCUT2D eigenvalue weighted by Crippen LogP contribution is -2.28. The van der Waals surface area contributed by atoms with Gasteiger partial charge in [0.2, 0.25) is 0 Å². The van der Waals surface area contributed by atoms with E-state index in [1.165, 1.54) is 11.7 Å². The standard InChI is InChI=1S/C21H20N4O3/c1-25-21(27)17-8-4-3-7-16(17)19(24-25)20(26)23-22-18-9-5-6-13-12-14(28-2)10-11-15(13)18/h3-4,7-8,10-12H,5-6,9H2,1-2H3,(H,23,26). The first-order valence-electron chi connectivity index (χ1n) is 9.08. The number of nitrogens with one attached hydrogen (secondary N) is 1. The number of fused-ring (bicyclic) bond motifs is 2. The molecule has 1 aliphatic rings. The molecule has 1 aliphatic carbocycles. The van der Waals surface area contributed by atoms with Gasteiger partial charge in [-0.15, -0.1) is 0 Å². The van der Waals surface area contributed by atoms with Crippen molar-refractivity contribution in [2.75, 3.05) is 7.11 Å². The minimum Gasteiger partial charge on any atom is -0.497 e. The third kappa shape index (κ3) is 3.15. The highest BCUT2D eigenvalue weighted by Gasteiger charge is 2.18. The van der Waals surface area contributed by atoms with Crippen LogP contribution in [0.25, 0.3) is 10.8 Å². The van der Waals surface area contributed by atoms with Crippen LogP contribution >= 0.6 is 0 Å². The molecule has 28 heavy (non-hydrogen) atoms. The van der Waals surface area contributed by atoms with Gasteiger partial charge in [0.15, 0.2) is 5.69 Å². The molecule has 0 saturated heterocycles. The number of carbonyl (C=O) groups is 1. The molecule has 1 aromatic heterocycles. The van der Waals surface area contributed by atoms with Crippen molar-refractivity contribution in [2.24, 2.45) is 12.1 Å². The third-order valence-corrected chi connectivity index (χ3v) is 4.95. The summed E-state index contributed by atoms with van der Waals surface area (Å²) in [6, 6.07) is 12.8. The van der Waals surface area contributed by atoms with Crippen LogP contribution < -0.4 is 15.7 Å². The smallest absolute Gasteiger partial charge is 0.292 e. The van der Waals surface area contributed by atoms with Gasteiger partial charge in [-0.3, -0.25) is 9.59 Å². The lowest BCUT2D eigenvalue weighted by molar-refractivity contribution is 0.0949. The molecule has 3 aromatic rings. The Bertz CT molecular complexity index is 1160. The highest BCUT2D eigenvalue weighted by Crippen LogP contribution is 2.25. The molecule has 142 valence electrons. The number of hydrogen-bond acceptors (Lipinski definition) is 5. The monoisotopic (exact) mass is 376 g/mol. The Labute approximate surface area is 161 Å². The summed E-state index contributed by atoms with van der Waals surface area (Å²) in [4.78, 5) is 25.0. The van der Waals surface area contributed by atoms with Crippen molar-refractivity contribution >= 4 is 22.4 Å². The van der Waals surface area contributed by atoms with Crippen LogP contribution in [-0.2, 0) is 13.5 Å². The van der Waals surface area contributed by atoms with Gasteiger partial charge in [0.05, 0.1) is 18.2 Å². The zero-order chi connectivity index (χ0) is 19.7. The normalized spacial score (nSPS) is 14.7. The lowest BCUT2D eigenvalue weighted by atomic mass is 9.90. The van der Waals surface area contributed by atoms with Crippen molar-refractivity contribution in [2.45, 2.75) is 19.3 Å². The molecule has 0 fully saturated rings. The molecule has 4 rings (SSSR count). The van der Waals surface area contributed by atoms with E-state index in [1.807, 2.05) is 18.2 Å². The first kappa shape index (κ1) is 17.9. The Morgan fingerprint density at radius 1 is 1.18 bits per heavy atom. The molecule has 0 atom stereocenters. The fourth-order valence-corrected chi connectivity index (χ4v) is 3.52. The van der Waals surface area contributed by atoms with E-state index in [9.17, 15) is 9.59 Å². The number of rotatable bonds is 3. The average Bonchev–Trinajstić information content (AvgIpc) is 2.74. The molecular formula is C21H20N4O3. The summed E-state index contributed by atoms with van der Waals surface area (Å²) < 4.78 is 6.46. The maximum atomic E-state index is 12.8. The summed E-state index contributed by atoms with van der Waals surface area (Å²) in [7, 11) is 3.17. The zero-order valence-electron chi connectivity index (χ0n) is 15.7. The molecule has 1 amide bonds. The molecule has 0 saturated carbocycles. The minimum atomic E-state index is -0.445. The van der Waals surface area contributed by atoms with Crippen molar-refractivity contribution in [1.82, 2.24) is 15.2 Å². The van der Waals surface area contributed by atoms with Crippen molar-refractivity contribution in [3.63, 3.8) is 0 Å². The Morgan fingerprint density at radius 3 is 2.75 bits per heavy atom. The molecule has 7 heteroatoms. The van der Waals surface area contributed by atoms with E-state index in [0.717, 1.165) is 41.9 Å². The number of methoxy groups -OCH3 is 1. The molecule has 1 N–H and O–H groups in total. The van der Waals surface area contributed by atoms with Crippen LogP contribution in [-0.4, -0.2) is 28.5 Å². The number of aromatic nitrogens is 2. The van der Waals surface area contributed by atoms with Gasteiger partial charge < -0.3 is 4.74 Å². The second-order valence-corrected chi connectivity index (χ2v) is 6.70. The van der Waals surface area contributed by atoms with Gasteiger partial charge in [-0.25, -0.2) is 10.1 Å². The fraction of sp³-hybridized carbons (Fsp3) is 0.238. The number of nitrogens with zero attached hydrogens (tertiary/aromatic N) is 3. The average molecular weight is 376 g/mol. The third-order valence-electron chi connectivity index (χ3n) is 4.95. The lowest BCUT2D eigenvalue weighted by Gasteiger charge is -2.18. The summed E-state index contributed by atoms with van der Waals surface area (Å²) >= 11 is 0. The fourth-order valence-electron chi connectivity index (χ4n) is 3.52. The Morgan fingerprint density at radius 2 is 1.96 bits per heavy atom. The predicted molar refractivity (Wildman–Crippen MR) is 107 cm³/mol. The second-order valence-electron chi connectivity index (χ2n) is 6.70. The quantitative estimate of drug-likeness (QED) is 0.712. The molecule has 0 bridgehead atoms. The first-order chi connectivity index (χ1) is 13.6. The summed E-state index contributed by atoms with van der Waals surface area (Å²) in [6.45, 7) is 0. The van der Waals surface area contributed by atoms with Gasteiger partial charge in [-0.1, -0.05) is 18.2 Å². The van der Waals surface area contributed by atoms with E-state index >= 15 is 0 Å². The number of benzene rings is 2. The number of hydrogen-bond donors (Lipinski definition) is 1. The maximum Gasteiger partial charge on any atom is 0.292 e. The number of hydrazone groups is 1. The highest BCUT2D eigenvalue weighted by molar-refractivity contribution is 6.07. The highest BCUT2D eigenvalue weighted by atomic mass is 16.5. The molecule has 0 spiro atoms. The van der Waals surface area contributed by atoms with E-state index in [-0.39, 0.29) is 11.3 Å². The number of amides is 1. The second kappa shape index (κ2) is 7.26. The largest absolute Gasteiger partial charge is 0.497 e. The SMILES string of the molecule is COc1ccc2c(c1)CCCC2=NNC(=O)c1nn(C)c(=O)c2ccccc12. The van der Waals surface area contributed by atoms with Crippen molar-refractivity contribution in [3.05, 3.63) is 69.6 Å². The molecule has 0 unspecified atom stereocenters. The van der Waals surface area contributed by atoms with E-state index in [4.69, 9.17) is 4.74 Å². The van der Waals surface area contributed by atoms with E-state index in [2.05, 4.69) is 15.6 Å².